The molecule has 2 unspecified atom stereocenters. The predicted octanol–water partition coefficient (Wildman–Crippen LogP) is 3.94. The van der Waals surface area contributed by atoms with Crippen LogP contribution in [0.15, 0.2) is 42.5 Å². The molecule has 0 saturated carbocycles. The molecule has 2 aromatic rings. The molecule has 1 aliphatic heterocycles. The highest BCUT2D eigenvalue weighted by Crippen LogP contribution is 2.50. The van der Waals surface area contributed by atoms with E-state index in [9.17, 15) is 4.39 Å². The third-order valence-corrected chi connectivity index (χ3v) is 5.31. The summed E-state index contributed by atoms with van der Waals surface area (Å²) in [5.41, 5.74) is 10.6. The van der Waals surface area contributed by atoms with Gasteiger partial charge in [0.05, 0.1) is 12.7 Å². The smallest absolute Gasteiger partial charge is 0.123 e. The van der Waals surface area contributed by atoms with E-state index in [4.69, 9.17) is 10.5 Å². The molecule has 23 heavy (non-hydrogen) atoms. The molecule has 3 atom stereocenters. The Balaban J connectivity index is 1.82. The highest BCUT2D eigenvalue weighted by Gasteiger charge is 2.42. The highest BCUT2D eigenvalue weighted by atomic mass is 19.1. The third kappa shape index (κ3) is 2.58. The fourth-order valence-electron chi connectivity index (χ4n) is 4.24. The number of rotatable bonds is 3. The van der Waals surface area contributed by atoms with E-state index < -0.39 is 0 Å². The van der Waals surface area contributed by atoms with Gasteiger partial charge in [0.2, 0.25) is 0 Å². The lowest BCUT2D eigenvalue weighted by molar-refractivity contribution is 0.101. The van der Waals surface area contributed by atoms with Crippen LogP contribution in [0.2, 0.25) is 0 Å². The second-order valence-corrected chi connectivity index (χ2v) is 6.69. The van der Waals surface area contributed by atoms with Crippen LogP contribution < -0.4 is 5.73 Å². The van der Waals surface area contributed by atoms with Crippen LogP contribution in [-0.4, -0.2) is 13.2 Å². The number of halogens is 1. The van der Waals surface area contributed by atoms with Crippen molar-refractivity contribution in [2.75, 3.05) is 13.2 Å². The molecule has 1 saturated heterocycles. The molecule has 0 aromatic heterocycles. The largest absolute Gasteiger partial charge is 0.373 e. The van der Waals surface area contributed by atoms with Gasteiger partial charge in [0.1, 0.15) is 5.82 Å². The zero-order chi connectivity index (χ0) is 15.8. The molecule has 1 aliphatic carbocycles. The Morgan fingerprint density at radius 1 is 1.09 bits per heavy atom. The Kier molecular flexibility index (Phi) is 3.92. The van der Waals surface area contributed by atoms with Gasteiger partial charge in [0.25, 0.3) is 0 Å². The second-order valence-electron chi connectivity index (χ2n) is 6.69. The Morgan fingerprint density at radius 2 is 1.91 bits per heavy atom. The van der Waals surface area contributed by atoms with Crippen LogP contribution in [0.3, 0.4) is 0 Å². The van der Waals surface area contributed by atoms with Gasteiger partial charge >= 0.3 is 0 Å². The number of benzene rings is 2. The van der Waals surface area contributed by atoms with E-state index in [1.807, 2.05) is 6.07 Å². The summed E-state index contributed by atoms with van der Waals surface area (Å²) in [6, 6.07) is 13.8. The Morgan fingerprint density at radius 3 is 2.78 bits per heavy atom. The lowest BCUT2D eigenvalue weighted by atomic mass is 9.79. The molecule has 1 heterocycles. The molecule has 2 nitrogen and oxygen atoms in total. The zero-order valence-corrected chi connectivity index (χ0v) is 13.2. The van der Waals surface area contributed by atoms with Crippen LogP contribution in [-0.2, 0) is 11.2 Å². The van der Waals surface area contributed by atoms with Crippen molar-refractivity contribution in [2.45, 2.75) is 31.3 Å². The van der Waals surface area contributed by atoms with Gasteiger partial charge in [-0.2, -0.15) is 0 Å². The molecule has 3 heteroatoms. The first-order valence-corrected chi connectivity index (χ1v) is 8.45. The molecular weight excluding hydrogens is 289 g/mol. The average molecular weight is 311 g/mol. The maximum absolute atomic E-state index is 13.8. The van der Waals surface area contributed by atoms with Crippen molar-refractivity contribution in [3.05, 3.63) is 70.5 Å². The van der Waals surface area contributed by atoms with E-state index in [-0.39, 0.29) is 11.9 Å². The Labute approximate surface area is 136 Å². The summed E-state index contributed by atoms with van der Waals surface area (Å²) in [7, 11) is 0. The van der Waals surface area contributed by atoms with E-state index in [2.05, 4.69) is 24.3 Å². The van der Waals surface area contributed by atoms with E-state index in [0.29, 0.717) is 18.4 Å². The summed E-state index contributed by atoms with van der Waals surface area (Å²) in [6.07, 6.45) is 2.89. The highest BCUT2D eigenvalue weighted by molar-refractivity contribution is 5.45. The lowest BCUT2D eigenvalue weighted by Crippen LogP contribution is -2.15. The second kappa shape index (κ2) is 6.06. The molecule has 1 fully saturated rings. The van der Waals surface area contributed by atoms with Crippen LogP contribution in [0.4, 0.5) is 4.39 Å². The molecule has 0 radical (unpaired) electrons. The SMILES string of the molecule is NCCCC1CO[C@@H]2c3cc(F)ccc3Cc3ccccc3C12. The monoisotopic (exact) mass is 311 g/mol. The summed E-state index contributed by atoms with van der Waals surface area (Å²) in [5.74, 6) is 0.585. The fraction of sp³-hybridized carbons (Fsp3) is 0.400. The Hall–Kier alpha value is -1.71. The number of hydrogen-bond donors (Lipinski definition) is 1. The van der Waals surface area contributed by atoms with Gasteiger partial charge in [0.15, 0.2) is 0 Å². The summed E-state index contributed by atoms with van der Waals surface area (Å²) >= 11 is 0. The summed E-state index contributed by atoms with van der Waals surface area (Å²) in [5, 5.41) is 0. The molecule has 0 spiro atoms. The first kappa shape index (κ1) is 14.9. The maximum Gasteiger partial charge on any atom is 0.123 e. The minimum absolute atomic E-state index is 0.0351. The third-order valence-electron chi connectivity index (χ3n) is 5.31. The number of fused-ring (bicyclic) bond motifs is 5. The normalized spacial score (nSPS) is 25.4. The molecule has 0 bridgehead atoms. The van der Waals surface area contributed by atoms with Crippen LogP contribution in [0, 0.1) is 11.7 Å². The number of nitrogens with two attached hydrogens (primary N) is 1. The van der Waals surface area contributed by atoms with E-state index in [0.717, 1.165) is 31.4 Å². The summed E-state index contributed by atoms with van der Waals surface area (Å²) in [4.78, 5) is 0. The van der Waals surface area contributed by atoms with Crippen molar-refractivity contribution in [3.63, 3.8) is 0 Å². The van der Waals surface area contributed by atoms with Crippen molar-refractivity contribution in [1.29, 1.82) is 0 Å². The van der Waals surface area contributed by atoms with Crippen LogP contribution in [0.5, 0.6) is 0 Å². The van der Waals surface area contributed by atoms with Crippen LogP contribution in [0.25, 0.3) is 0 Å². The molecule has 2 aromatic carbocycles. The number of ether oxygens (including phenoxy) is 1. The number of hydrogen-bond acceptors (Lipinski definition) is 2. The lowest BCUT2D eigenvalue weighted by Gasteiger charge is -2.24. The van der Waals surface area contributed by atoms with E-state index in [1.54, 1.807) is 12.1 Å². The molecule has 120 valence electrons. The molecule has 2 N–H and O–H groups in total. The van der Waals surface area contributed by atoms with E-state index >= 15 is 0 Å². The van der Waals surface area contributed by atoms with Gasteiger partial charge in [-0.05, 0) is 66.1 Å². The van der Waals surface area contributed by atoms with Crippen molar-refractivity contribution < 1.29 is 9.13 Å². The van der Waals surface area contributed by atoms with Crippen molar-refractivity contribution in [3.8, 4) is 0 Å². The fourth-order valence-corrected chi connectivity index (χ4v) is 4.24. The topological polar surface area (TPSA) is 35.2 Å². The van der Waals surface area contributed by atoms with Gasteiger partial charge in [0, 0.05) is 5.92 Å². The predicted molar refractivity (Wildman–Crippen MR) is 88.9 cm³/mol. The van der Waals surface area contributed by atoms with Crippen molar-refractivity contribution in [2.24, 2.45) is 11.7 Å². The molecule has 0 amide bonds. The summed E-state index contributed by atoms with van der Waals surface area (Å²) in [6.45, 7) is 1.44. The molecule has 2 aliphatic rings. The molecular formula is C20H22FNO. The van der Waals surface area contributed by atoms with Crippen LogP contribution in [0.1, 0.15) is 47.1 Å². The van der Waals surface area contributed by atoms with Gasteiger partial charge in [-0.3, -0.25) is 0 Å². The minimum atomic E-state index is -0.178. The zero-order valence-electron chi connectivity index (χ0n) is 13.2. The molecule has 4 rings (SSSR count). The van der Waals surface area contributed by atoms with E-state index in [1.165, 1.54) is 16.7 Å². The van der Waals surface area contributed by atoms with Gasteiger partial charge in [-0.25, -0.2) is 4.39 Å². The standard InChI is InChI=1S/C20H22FNO/c21-16-8-7-14-10-13-4-1-2-6-17(13)19-15(5-3-9-22)12-23-20(19)18(14)11-16/h1-2,4,6-8,11,15,19-20H,3,5,9-10,12,22H2/t15?,19?,20-/m1/s1. The quantitative estimate of drug-likeness (QED) is 0.932. The van der Waals surface area contributed by atoms with Crippen molar-refractivity contribution in [1.82, 2.24) is 0 Å². The first-order valence-electron chi connectivity index (χ1n) is 8.45. The maximum atomic E-state index is 13.8. The minimum Gasteiger partial charge on any atom is -0.373 e. The summed E-state index contributed by atoms with van der Waals surface area (Å²) < 4.78 is 20.0. The van der Waals surface area contributed by atoms with Gasteiger partial charge < -0.3 is 10.5 Å². The first-order chi connectivity index (χ1) is 11.3. The van der Waals surface area contributed by atoms with Gasteiger partial charge in [-0.15, -0.1) is 0 Å². The van der Waals surface area contributed by atoms with Gasteiger partial charge in [-0.1, -0.05) is 30.3 Å². The van der Waals surface area contributed by atoms with Crippen molar-refractivity contribution >= 4 is 0 Å². The average Bonchev–Trinajstić information content (AvgIpc) is 2.92. The van der Waals surface area contributed by atoms with Crippen LogP contribution >= 0.6 is 0 Å². The Bertz CT molecular complexity index is 715.